The van der Waals surface area contributed by atoms with Gasteiger partial charge in [-0.2, -0.15) is 4.98 Å². The number of nitrogens with two attached hydrogens (primary N) is 1. The number of anilines is 1. The van der Waals surface area contributed by atoms with E-state index < -0.39 is 18.5 Å². The fourth-order valence-electron chi connectivity index (χ4n) is 0.887. The first-order valence-corrected chi connectivity index (χ1v) is 4.27. The molecule has 9 heteroatoms. The van der Waals surface area contributed by atoms with Crippen molar-refractivity contribution < 1.29 is 9.84 Å². The molecular formula is C7H10N6O3. The van der Waals surface area contributed by atoms with Gasteiger partial charge in [-0.05, 0) is 11.6 Å². The summed E-state index contributed by atoms with van der Waals surface area (Å²) in [7, 11) is 0. The van der Waals surface area contributed by atoms with E-state index in [1.54, 1.807) is 0 Å². The van der Waals surface area contributed by atoms with Crippen molar-refractivity contribution in [2.45, 2.75) is 13.0 Å². The van der Waals surface area contributed by atoms with Crippen LogP contribution in [0.2, 0.25) is 0 Å². The highest BCUT2D eigenvalue weighted by atomic mass is 16.5. The lowest BCUT2D eigenvalue weighted by Gasteiger charge is -2.10. The number of aliphatic hydroxyl groups excluding tert-OH is 1. The summed E-state index contributed by atoms with van der Waals surface area (Å²) in [6.07, 6.45) is 0.351. The Hall–Kier alpha value is -2.09. The van der Waals surface area contributed by atoms with Crippen molar-refractivity contribution in [3.8, 4) is 0 Å². The zero-order valence-corrected chi connectivity index (χ0v) is 8.22. The molecule has 1 aromatic rings. The van der Waals surface area contributed by atoms with Crippen LogP contribution in [0.3, 0.4) is 0 Å². The molecule has 0 saturated carbocycles. The lowest BCUT2D eigenvalue weighted by Crippen LogP contribution is -2.26. The molecule has 1 heterocycles. The minimum absolute atomic E-state index is 0.106. The molecule has 0 bridgehead atoms. The van der Waals surface area contributed by atoms with Crippen LogP contribution in [0.5, 0.6) is 0 Å². The van der Waals surface area contributed by atoms with Crippen LogP contribution in [0, 0.1) is 0 Å². The van der Waals surface area contributed by atoms with Crippen molar-refractivity contribution in [2.24, 2.45) is 5.11 Å². The standard InChI is InChI=1S/C7H10N6O3/c8-5-1-2-13(7(15)10-5)4-16-6(3-14)11-12-9/h1-2,6,14H,3-4H2,(H2,8,10,15). The summed E-state index contributed by atoms with van der Waals surface area (Å²) in [5, 5.41) is 11.9. The normalized spacial score (nSPS) is 11.8. The van der Waals surface area contributed by atoms with Crippen LogP contribution in [-0.4, -0.2) is 27.5 Å². The lowest BCUT2D eigenvalue weighted by atomic mass is 10.6. The highest BCUT2D eigenvalue weighted by molar-refractivity contribution is 5.23. The molecule has 1 unspecified atom stereocenters. The largest absolute Gasteiger partial charge is 0.394 e. The molecular weight excluding hydrogens is 216 g/mol. The number of nitrogens with zero attached hydrogens (tertiary/aromatic N) is 5. The molecule has 9 nitrogen and oxygen atoms in total. The smallest absolute Gasteiger partial charge is 0.351 e. The van der Waals surface area contributed by atoms with Crippen LogP contribution in [0.4, 0.5) is 5.82 Å². The lowest BCUT2D eigenvalue weighted by molar-refractivity contribution is -0.0211. The van der Waals surface area contributed by atoms with E-state index in [1.165, 1.54) is 12.3 Å². The van der Waals surface area contributed by atoms with Gasteiger partial charge < -0.3 is 15.6 Å². The van der Waals surface area contributed by atoms with Gasteiger partial charge >= 0.3 is 5.69 Å². The number of ether oxygens (including phenoxy) is 1. The number of hydrogen-bond acceptors (Lipinski definition) is 6. The molecule has 3 N–H and O–H groups in total. The van der Waals surface area contributed by atoms with Gasteiger partial charge in [0, 0.05) is 11.1 Å². The molecule has 16 heavy (non-hydrogen) atoms. The van der Waals surface area contributed by atoms with Gasteiger partial charge in [0.05, 0.1) is 6.61 Å². The minimum atomic E-state index is -1.03. The van der Waals surface area contributed by atoms with Gasteiger partial charge in [-0.3, -0.25) is 4.57 Å². The Morgan fingerprint density at radius 1 is 1.81 bits per heavy atom. The molecule has 0 radical (unpaired) electrons. The van der Waals surface area contributed by atoms with Crippen LogP contribution in [-0.2, 0) is 11.5 Å². The Morgan fingerprint density at radius 2 is 2.56 bits per heavy atom. The molecule has 0 amide bonds. The first-order valence-electron chi connectivity index (χ1n) is 4.27. The van der Waals surface area contributed by atoms with E-state index in [2.05, 4.69) is 15.0 Å². The van der Waals surface area contributed by atoms with Crippen LogP contribution >= 0.6 is 0 Å². The van der Waals surface area contributed by atoms with E-state index in [1.807, 2.05) is 0 Å². The summed E-state index contributed by atoms with van der Waals surface area (Å²) in [6, 6.07) is 1.42. The number of aliphatic hydroxyl groups is 1. The average molecular weight is 226 g/mol. The maximum atomic E-state index is 11.2. The van der Waals surface area contributed by atoms with Gasteiger partial charge in [0.1, 0.15) is 12.5 Å². The molecule has 0 aromatic carbocycles. The molecule has 0 spiro atoms. The molecule has 0 aliphatic rings. The quantitative estimate of drug-likeness (QED) is 0.393. The third kappa shape index (κ3) is 3.24. The molecule has 1 atom stereocenters. The van der Waals surface area contributed by atoms with Crippen LogP contribution < -0.4 is 11.4 Å². The van der Waals surface area contributed by atoms with E-state index in [0.717, 1.165) is 4.57 Å². The van der Waals surface area contributed by atoms with E-state index in [4.69, 9.17) is 21.1 Å². The second-order valence-corrected chi connectivity index (χ2v) is 2.74. The highest BCUT2D eigenvalue weighted by Crippen LogP contribution is 1.96. The first kappa shape index (κ1) is 12.0. The SMILES string of the molecule is [N-]=[N+]=NC(CO)OCn1ccc(N)nc1=O. The summed E-state index contributed by atoms with van der Waals surface area (Å²) in [6.45, 7) is -0.655. The minimum Gasteiger partial charge on any atom is -0.394 e. The van der Waals surface area contributed by atoms with E-state index in [9.17, 15) is 4.79 Å². The van der Waals surface area contributed by atoms with Crippen LogP contribution in [0.25, 0.3) is 10.4 Å². The van der Waals surface area contributed by atoms with Gasteiger partial charge in [-0.25, -0.2) is 4.79 Å². The fourth-order valence-corrected chi connectivity index (χ4v) is 0.887. The van der Waals surface area contributed by atoms with Crippen molar-refractivity contribution >= 4 is 5.82 Å². The van der Waals surface area contributed by atoms with Crippen LogP contribution in [0.15, 0.2) is 22.2 Å². The predicted molar refractivity (Wildman–Crippen MR) is 54.0 cm³/mol. The Balaban J connectivity index is 2.67. The van der Waals surface area contributed by atoms with Gasteiger partial charge in [0.15, 0.2) is 6.23 Å². The van der Waals surface area contributed by atoms with Gasteiger partial charge in [0.25, 0.3) is 0 Å². The predicted octanol–water partition coefficient (Wildman–Crippen LogP) is -0.572. The Labute approximate surface area is 89.7 Å². The number of aromatic nitrogens is 2. The highest BCUT2D eigenvalue weighted by Gasteiger charge is 2.05. The molecule has 1 rings (SSSR count). The zero-order chi connectivity index (χ0) is 12.0. The molecule has 86 valence electrons. The average Bonchev–Trinajstić information content (AvgIpc) is 2.26. The number of nitrogen functional groups attached to an aromatic ring is 1. The molecule has 0 aliphatic heterocycles. The third-order valence-corrected chi connectivity index (χ3v) is 1.64. The summed E-state index contributed by atoms with van der Waals surface area (Å²) < 4.78 is 6.07. The first-order chi connectivity index (χ1) is 7.67. The molecule has 0 aliphatic carbocycles. The topological polar surface area (TPSA) is 139 Å². The van der Waals surface area contributed by atoms with Gasteiger partial charge in [0.2, 0.25) is 0 Å². The Kier molecular flexibility index (Phi) is 4.28. The fraction of sp³-hybridized carbons (Fsp3) is 0.429. The maximum absolute atomic E-state index is 11.2. The van der Waals surface area contributed by atoms with E-state index >= 15 is 0 Å². The summed E-state index contributed by atoms with van der Waals surface area (Å²) in [5.41, 5.74) is 12.8. The number of hydrogen-bond donors (Lipinski definition) is 2. The second-order valence-electron chi connectivity index (χ2n) is 2.74. The summed E-state index contributed by atoms with van der Waals surface area (Å²) in [4.78, 5) is 17.2. The van der Waals surface area contributed by atoms with Crippen molar-refractivity contribution in [1.82, 2.24) is 9.55 Å². The van der Waals surface area contributed by atoms with Crippen molar-refractivity contribution in [2.75, 3.05) is 12.3 Å². The van der Waals surface area contributed by atoms with Crippen LogP contribution in [0.1, 0.15) is 0 Å². The Bertz CT molecular complexity index is 452. The van der Waals surface area contributed by atoms with E-state index in [0.29, 0.717) is 0 Å². The summed E-state index contributed by atoms with van der Waals surface area (Å²) >= 11 is 0. The molecule has 1 aromatic heterocycles. The van der Waals surface area contributed by atoms with Crippen molar-refractivity contribution in [1.29, 1.82) is 0 Å². The third-order valence-electron chi connectivity index (χ3n) is 1.64. The van der Waals surface area contributed by atoms with Crippen molar-refractivity contribution in [3.05, 3.63) is 33.2 Å². The zero-order valence-electron chi connectivity index (χ0n) is 8.22. The number of azide groups is 1. The van der Waals surface area contributed by atoms with Gasteiger partial charge in [-0.15, -0.1) is 0 Å². The van der Waals surface area contributed by atoms with Gasteiger partial charge in [-0.1, -0.05) is 5.11 Å². The van der Waals surface area contributed by atoms with Crippen molar-refractivity contribution in [3.63, 3.8) is 0 Å². The second kappa shape index (κ2) is 5.71. The Morgan fingerprint density at radius 3 is 3.12 bits per heavy atom. The maximum Gasteiger partial charge on any atom is 0.351 e. The van der Waals surface area contributed by atoms with E-state index in [-0.39, 0.29) is 12.5 Å². The summed E-state index contributed by atoms with van der Waals surface area (Å²) in [5.74, 6) is 0.106. The monoisotopic (exact) mass is 226 g/mol. The molecule has 0 fully saturated rings. The molecule has 0 saturated heterocycles. The number of rotatable bonds is 5.